The van der Waals surface area contributed by atoms with E-state index in [0.717, 1.165) is 11.1 Å². The van der Waals surface area contributed by atoms with Crippen LogP contribution >= 0.6 is 0 Å². The van der Waals surface area contributed by atoms with Crippen molar-refractivity contribution in [3.63, 3.8) is 0 Å². The van der Waals surface area contributed by atoms with Gasteiger partial charge >= 0.3 is 0 Å². The van der Waals surface area contributed by atoms with E-state index in [2.05, 4.69) is 10.6 Å². The summed E-state index contributed by atoms with van der Waals surface area (Å²) in [6.45, 7) is 1.04. The minimum atomic E-state index is -0.452. The fraction of sp³-hybridized carbons (Fsp3) is 0.111. The molecule has 0 amide bonds. The van der Waals surface area contributed by atoms with Gasteiger partial charge in [-0.1, -0.05) is 60.7 Å². The molecule has 0 aromatic heterocycles. The van der Waals surface area contributed by atoms with Gasteiger partial charge in [-0.3, -0.25) is 9.59 Å². The Hall–Kier alpha value is -2.88. The average molecular weight is 292 g/mol. The van der Waals surface area contributed by atoms with Crippen molar-refractivity contribution >= 4 is 11.4 Å². The van der Waals surface area contributed by atoms with Crippen LogP contribution in [-0.4, -0.2) is 0 Å². The van der Waals surface area contributed by atoms with E-state index in [0.29, 0.717) is 24.5 Å². The van der Waals surface area contributed by atoms with Crippen LogP contribution in [0.5, 0.6) is 0 Å². The van der Waals surface area contributed by atoms with Crippen molar-refractivity contribution in [3.05, 3.63) is 92.2 Å². The van der Waals surface area contributed by atoms with Crippen LogP contribution in [0.15, 0.2) is 70.3 Å². The Bertz CT molecular complexity index is 748. The minimum Gasteiger partial charge on any atom is -0.376 e. The van der Waals surface area contributed by atoms with Crippen LogP contribution in [0.3, 0.4) is 0 Å². The molecule has 0 aliphatic rings. The summed E-state index contributed by atoms with van der Waals surface area (Å²) < 4.78 is 0. The number of nitrogens with one attached hydrogen (secondary N) is 2. The van der Waals surface area contributed by atoms with Crippen LogP contribution in [0.25, 0.3) is 0 Å². The molecule has 0 saturated carbocycles. The zero-order chi connectivity index (χ0) is 15.4. The Morgan fingerprint density at radius 3 is 1.32 bits per heavy atom. The summed E-state index contributed by atoms with van der Waals surface area (Å²) in [5.74, 6) is 0. The average Bonchev–Trinajstić information content (AvgIpc) is 2.58. The van der Waals surface area contributed by atoms with Gasteiger partial charge in [0.2, 0.25) is 0 Å². The first kappa shape index (κ1) is 14.1. The minimum absolute atomic E-state index is 0.379. The smallest absolute Gasteiger partial charge is 0.253 e. The molecule has 0 unspecified atom stereocenters. The molecule has 0 aliphatic carbocycles. The third-order valence-electron chi connectivity index (χ3n) is 3.53. The second-order valence-electron chi connectivity index (χ2n) is 5.09. The summed E-state index contributed by atoms with van der Waals surface area (Å²) in [5, 5.41) is 6.10. The quantitative estimate of drug-likeness (QED) is 0.685. The van der Waals surface area contributed by atoms with Gasteiger partial charge in [0.15, 0.2) is 0 Å². The lowest BCUT2D eigenvalue weighted by Gasteiger charge is -2.15. The van der Waals surface area contributed by atoms with Crippen LogP contribution < -0.4 is 21.5 Å². The highest BCUT2D eigenvalue weighted by molar-refractivity contribution is 5.74. The number of rotatable bonds is 6. The Balaban J connectivity index is 1.67. The molecule has 3 rings (SSSR count). The van der Waals surface area contributed by atoms with Gasteiger partial charge in [0.1, 0.15) is 11.4 Å². The molecule has 0 radical (unpaired) electrons. The number of anilines is 2. The summed E-state index contributed by atoms with van der Waals surface area (Å²) in [5.41, 5.74) is 1.97. The van der Waals surface area contributed by atoms with Crippen molar-refractivity contribution in [2.24, 2.45) is 0 Å². The molecule has 0 heterocycles. The van der Waals surface area contributed by atoms with Gasteiger partial charge in [-0.2, -0.15) is 0 Å². The molecule has 0 aliphatic heterocycles. The Morgan fingerprint density at radius 1 is 0.591 bits per heavy atom. The molecule has 3 aromatic rings. The summed E-state index contributed by atoms with van der Waals surface area (Å²) in [6.07, 6.45) is 0. The van der Waals surface area contributed by atoms with Crippen molar-refractivity contribution in [2.75, 3.05) is 10.6 Å². The van der Waals surface area contributed by atoms with Crippen molar-refractivity contribution in [3.8, 4) is 0 Å². The van der Waals surface area contributed by atoms with E-state index < -0.39 is 10.9 Å². The molecule has 3 aromatic carbocycles. The fourth-order valence-electron chi connectivity index (χ4n) is 2.30. The molecule has 2 N–H and O–H groups in total. The van der Waals surface area contributed by atoms with Gasteiger partial charge in [0, 0.05) is 13.1 Å². The first-order valence-electron chi connectivity index (χ1n) is 7.14. The molecule has 0 saturated heterocycles. The van der Waals surface area contributed by atoms with Crippen molar-refractivity contribution < 1.29 is 0 Å². The third kappa shape index (κ3) is 2.91. The van der Waals surface area contributed by atoms with Crippen LogP contribution in [0.2, 0.25) is 0 Å². The highest BCUT2D eigenvalue weighted by Gasteiger charge is 2.20. The van der Waals surface area contributed by atoms with E-state index in [-0.39, 0.29) is 0 Å². The maximum atomic E-state index is 11.7. The molecule has 110 valence electrons. The molecule has 0 fully saturated rings. The molecule has 4 nitrogen and oxygen atoms in total. The van der Waals surface area contributed by atoms with Crippen LogP contribution in [0.1, 0.15) is 11.1 Å². The maximum absolute atomic E-state index is 11.7. The Labute approximate surface area is 128 Å². The van der Waals surface area contributed by atoms with Crippen LogP contribution in [-0.2, 0) is 13.1 Å². The van der Waals surface area contributed by atoms with Gasteiger partial charge < -0.3 is 10.6 Å². The van der Waals surface area contributed by atoms with E-state index >= 15 is 0 Å². The largest absolute Gasteiger partial charge is 0.376 e. The molecule has 22 heavy (non-hydrogen) atoms. The predicted octanol–water partition coefficient (Wildman–Crippen LogP) is 2.51. The number of hydrogen-bond acceptors (Lipinski definition) is 4. The van der Waals surface area contributed by atoms with Crippen molar-refractivity contribution in [1.82, 2.24) is 0 Å². The van der Waals surface area contributed by atoms with Gasteiger partial charge in [-0.05, 0) is 11.1 Å². The highest BCUT2D eigenvalue weighted by Crippen LogP contribution is 2.16. The number of benzene rings is 2. The van der Waals surface area contributed by atoms with Gasteiger partial charge in [-0.15, -0.1) is 0 Å². The Morgan fingerprint density at radius 2 is 0.955 bits per heavy atom. The van der Waals surface area contributed by atoms with Gasteiger partial charge in [-0.25, -0.2) is 0 Å². The second-order valence-corrected chi connectivity index (χ2v) is 5.09. The molecule has 0 spiro atoms. The zero-order valence-electron chi connectivity index (χ0n) is 12.0. The standard InChI is InChI=1S/C18H16N2O2/c21-17-15(19-11-13-7-3-1-4-8-13)16(18(17)22)20-12-14-9-5-2-6-10-14/h1-10,19-20H,11-12H2. The maximum Gasteiger partial charge on any atom is 0.253 e. The molecule has 0 atom stereocenters. The third-order valence-corrected chi connectivity index (χ3v) is 3.53. The van der Waals surface area contributed by atoms with E-state index in [1.165, 1.54) is 0 Å². The van der Waals surface area contributed by atoms with Crippen molar-refractivity contribution in [1.29, 1.82) is 0 Å². The monoisotopic (exact) mass is 292 g/mol. The predicted molar refractivity (Wildman–Crippen MR) is 88.9 cm³/mol. The summed E-state index contributed by atoms with van der Waals surface area (Å²) >= 11 is 0. The van der Waals surface area contributed by atoms with E-state index in [1.807, 2.05) is 60.7 Å². The van der Waals surface area contributed by atoms with Gasteiger partial charge in [0.25, 0.3) is 10.9 Å². The lowest BCUT2D eigenvalue weighted by atomic mass is 10.1. The first-order valence-corrected chi connectivity index (χ1v) is 7.14. The van der Waals surface area contributed by atoms with E-state index in [9.17, 15) is 9.59 Å². The zero-order valence-corrected chi connectivity index (χ0v) is 12.0. The first-order chi connectivity index (χ1) is 10.8. The molecule has 0 bridgehead atoms. The van der Waals surface area contributed by atoms with E-state index in [4.69, 9.17) is 0 Å². The summed E-state index contributed by atoms with van der Waals surface area (Å²) in [7, 11) is 0. The SMILES string of the molecule is O=c1c(NCc2ccccc2)c(NCc2ccccc2)c1=O. The van der Waals surface area contributed by atoms with Crippen molar-refractivity contribution in [2.45, 2.75) is 13.1 Å². The fourth-order valence-corrected chi connectivity index (χ4v) is 2.30. The summed E-state index contributed by atoms with van der Waals surface area (Å²) in [4.78, 5) is 23.4. The molecular formula is C18H16N2O2. The highest BCUT2D eigenvalue weighted by atomic mass is 16.2. The molecular weight excluding hydrogens is 276 g/mol. The summed E-state index contributed by atoms with van der Waals surface area (Å²) in [6, 6.07) is 19.5. The van der Waals surface area contributed by atoms with Gasteiger partial charge in [0.05, 0.1) is 0 Å². The normalized spacial score (nSPS) is 10.5. The number of hydrogen-bond donors (Lipinski definition) is 2. The Kier molecular flexibility index (Phi) is 4.01. The second kappa shape index (κ2) is 6.26. The van der Waals surface area contributed by atoms with Crippen LogP contribution in [0, 0.1) is 0 Å². The van der Waals surface area contributed by atoms with E-state index in [1.54, 1.807) is 0 Å². The molecule has 4 heteroatoms. The lowest BCUT2D eigenvalue weighted by molar-refractivity contribution is 1.09. The lowest BCUT2D eigenvalue weighted by Crippen LogP contribution is -2.37. The van der Waals surface area contributed by atoms with Crippen LogP contribution in [0.4, 0.5) is 11.4 Å². The topological polar surface area (TPSA) is 58.2 Å².